The molecule has 0 amide bonds. The maximum absolute atomic E-state index is 7.41. The monoisotopic (exact) mass is 884 g/mol. The van der Waals surface area contributed by atoms with Gasteiger partial charge >= 0.3 is 6.71 Å². The summed E-state index contributed by atoms with van der Waals surface area (Å²) < 4.78 is 14.8. The van der Waals surface area contributed by atoms with Crippen molar-refractivity contribution in [3.8, 4) is 0 Å². The lowest BCUT2D eigenvalue weighted by Crippen LogP contribution is -2.60. The third-order valence-corrected chi connectivity index (χ3v) is 15.5. The van der Waals surface area contributed by atoms with Gasteiger partial charge in [-0.3, -0.25) is 0 Å². The smallest absolute Gasteiger partial charge is 0.342 e. The zero-order valence-corrected chi connectivity index (χ0v) is 38.8. The summed E-state index contributed by atoms with van der Waals surface area (Å²) in [6.07, 6.45) is 0. The highest BCUT2D eigenvalue weighted by Crippen LogP contribution is 2.53. The molecule has 2 aliphatic heterocycles. The lowest BCUT2D eigenvalue weighted by atomic mass is 9.37. The van der Waals surface area contributed by atoms with Gasteiger partial charge in [-0.15, -0.1) is 0 Å². The van der Waals surface area contributed by atoms with E-state index in [0.29, 0.717) is 11.8 Å². The van der Waals surface area contributed by atoms with E-state index in [0.717, 1.165) is 72.8 Å². The maximum Gasteiger partial charge on any atom is 0.342 e. The van der Waals surface area contributed by atoms with Crippen molar-refractivity contribution in [2.75, 3.05) is 9.80 Å². The minimum atomic E-state index is -0.335. The van der Waals surface area contributed by atoms with Crippen LogP contribution in [0.25, 0.3) is 86.6 Å². The van der Waals surface area contributed by atoms with Gasteiger partial charge in [0.05, 0.1) is 22.7 Å². The minimum Gasteiger partial charge on any atom is -0.468 e. The molecular weight excluding hydrogens is 840 g/mol. The van der Waals surface area contributed by atoms with Gasteiger partial charge in [-0.25, -0.2) is 0 Å². The fraction of sp³-hybridized carbons (Fsp3) is 0.0938. The quantitative estimate of drug-likeness (QED) is 0.130. The van der Waals surface area contributed by atoms with Crippen LogP contribution in [0.4, 0.5) is 34.1 Å². The van der Waals surface area contributed by atoms with Gasteiger partial charge in [0.15, 0.2) is 0 Å². The molecule has 326 valence electrons. The predicted octanol–water partition coefficient (Wildman–Crippen LogP) is 16.4. The van der Waals surface area contributed by atoms with Crippen LogP contribution in [0.2, 0.25) is 0 Å². The Kier molecular flexibility index (Phi) is 7.95. The summed E-state index contributed by atoms with van der Waals surface area (Å²) in [7, 11) is 0. The van der Waals surface area contributed by atoms with Crippen LogP contribution in [0.15, 0.2) is 197 Å². The average molecular weight is 885 g/mol. The second-order valence-electron chi connectivity index (χ2n) is 19.8. The van der Waals surface area contributed by atoms with Gasteiger partial charge < -0.3 is 18.6 Å². The number of nitrogens with zero attached hydrogens (tertiary/aromatic N) is 2. The molecule has 0 radical (unpaired) electrons. The summed E-state index contributed by atoms with van der Waals surface area (Å²) in [6.45, 7) is 8.76. The van der Waals surface area contributed by atoms with E-state index in [1.165, 1.54) is 75.8 Å². The Morgan fingerprint density at radius 2 is 0.652 bits per heavy atom. The molecule has 0 bridgehead atoms. The number of benzene rings is 11. The van der Waals surface area contributed by atoms with Crippen LogP contribution in [-0.4, -0.2) is 6.71 Å². The van der Waals surface area contributed by atoms with Crippen LogP contribution in [0.5, 0.6) is 0 Å². The Morgan fingerprint density at radius 3 is 1.03 bits per heavy atom. The third-order valence-electron chi connectivity index (χ3n) is 15.5. The van der Waals surface area contributed by atoms with Gasteiger partial charge in [0.1, 0.15) is 22.5 Å². The molecule has 0 fully saturated rings. The average Bonchev–Trinajstić information content (AvgIpc) is 3.97. The zero-order chi connectivity index (χ0) is 45.8. The first-order valence-corrected chi connectivity index (χ1v) is 24.4. The van der Waals surface area contributed by atoms with Crippen molar-refractivity contribution in [2.45, 2.75) is 39.5 Å². The normalized spacial score (nSPS) is 13.4. The summed E-state index contributed by atoms with van der Waals surface area (Å²) in [5.74, 6) is 0.663. The molecule has 5 heteroatoms. The Bertz CT molecular complexity index is 4000. The molecule has 4 nitrogen and oxygen atoms in total. The Labute approximate surface area is 399 Å². The van der Waals surface area contributed by atoms with Crippen molar-refractivity contribution in [3.63, 3.8) is 0 Å². The summed E-state index contributed by atoms with van der Waals surface area (Å²) in [5, 5.41) is 17.0. The molecule has 0 N–H and O–H groups in total. The van der Waals surface area contributed by atoms with Crippen LogP contribution >= 0.6 is 0 Å². The van der Waals surface area contributed by atoms with Gasteiger partial charge in [0, 0.05) is 32.9 Å². The van der Waals surface area contributed by atoms with Crippen molar-refractivity contribution in [3.05, 3.63) is 199 Å². The number of hydrogen-bond donors (Lipinski definition) is 0. The molecule has 0 spiro atoms. The Hall–Kier alpha value is -8.28. The molecule has 13 aromatic rings. The van der Waals surface area contributed by atoms with E-state index < -0.39 is 0 Å². The fourth-order valence-corrected chi connectivity index (χ4v) is 12.4. The largest absolute Gasteiger partial charge is 0.468 e. The summed E-state index contributed by atoms with van der Waals surface area (Å²) in [5.41, 5.74) is 13.8. The molecule has 2 aliphatic rings. The van der Waals surface area contributed by atoms with E-state index in [1.807, 2.05) is 0 Å². The van der Waals surface area contributed by atoms with Crippen molar-refractivity contribution < 1.29 is 8.83 Å². The van der Waals surface area contributed by atoms with Crippen molar-refractivity contribution in [2.24, 2.45) is 0 Å². The molecule has 11 aromatic carbocycles. The summed E-state index contributed by atoms with van der Waals surface area (Å²) in [4.78, 5) is 5.08. The molecule has 2 aromatic heterocycles. The molecule has 0 saturated carbocycles. The van der Waals surface area contributed by atoms with E-state index in [4.69, 9.17) is 8.83 Å². The number of hydrogen-bond acceptors (Lipinski definition) is 4. The fourth-order valence-electron chi connectivity index (χ4n) is 12.4. The highest BCUT2D eigenvalue weighted by molar-refractivity contribution is 6.99. The number of furan rings is 2. The molecule has 0 unspecified atom stereocenters. The topological polar surface area (TPSA) is 32.8 Å². The Balaban J connectivity index is 1.12. The number of rotatable bonds is 4. The van der Waals surface area contributed by atoms with Crippen molar-refractivity contribution in [1.29, 1.82) is 0 Å². The maximum atomic E-state index is 7.41. The highest BCUT2D eigenvalue weighted by atomic mass is 16.3. The van der Waals surface area contributed by atoms with E-state index in [2.05, 4.69) is 226 Å². The molecule has 0 aliphatic carbocycles. The van der Waals surface area contributed by atoms with Crippen molar-refractivity contribution in [1.82, 2.24) is 0 Å². The SMILES string of the molecule is CC(C)c1ccc2oc3c(c2c1)N(c1cccc2c4ccccc4c4ccccc4c12)c1cccc2c1B3c1oc3ccc(C(C)C)cc3c1N2c1cccc2c3ccccc3c3ccccc3c12. The lowest BCUT2D eigenvalue weighted by Gasteiger charge is -2.41. The minimum absolute atomic E-state index is 0.331. The van der Waals surface area contributed by atoms with E-state index in [1.54, 1.807) is 0 Å². The molecule has 0 atom stereocenters. The van der Waals surface area contributed by atoms with Crippen LogP contribution in [-0.2, 0) is 0 Å². The summed E-state index contributed by atoms with van der Waals surface area (Å²) >= 11 is 0. The second kappa shape index (κ2) is 14.1. The van der Waals surface area contributed by atoms with Crippen LogP contribution in [0.1, 0.15) is 50.7 Å². The molecule has 69 heavy (non-hydrogen) atoms. The first-order valence-electron chi connectivity index (χ1n) is 24.4. The van der Waals surface area contributed by atoms with E-state index in [9.17, 15) is 0 Å². The third kappa shape index (κ3) is 5.20. The van der Waals surface area contributed by atoms with Gasteiger partial charge in [0.25, 0.3) is 0 Å². The van der Waals surface area contributed by atoms with Crippen LogP contribution < -0.4 is 26.6 Å². The van der Waals surface area contributed by atoms with Crippen molar-refractivity contribution >= 4 is 144 Å². The van der Waals surface area contributed by atoms with Crippen LogP contribution in [0, 0.1) is 0 Å². The van der Waals surface area contributed by atoms with Crippen LogP contribution in [0.3, 0.4) is 0 Å². The molecule has 4 heterocycles. The van der Waals surface area contributed by atoms with Gasteiger partial charge in [-0.1, -0.05) is 167 Å². The molecule has 0 saturated heterocycles. The van der Waals surface area contributed by atoms with Gasteiger partial charge in [0.2, 0.25) is 0 Å². The highest BCUT2D eigenvalue weighted by Gasteiger charge is 2.50. The predicted molar refractivity (Wildman–Crippen MR) is 293 cm³/mol. The molecule has 15 rings (SSSR count). The summed E-state index contributed by atoms with van der Waals surface area (Å²) in [6, 6.07) is 69.8. The zero-order valence-electron chi connectivity index (χ0n) is 38.8. The molecular formula is C64H45BN2O2. The Morgan fingerprint density at radius 1 is 0.333 bits per heavy atom. The first-order chi connectivity index (χ1) is 33.9. The number of anilines is 6. The van der Waals surface area contributed by atoms with Gasteiger partial charge in [-0.2, -0.15) is 0 Å². The number of fused-ring (bicyclic) bond motifs is 20. The van der Waals surface area contributed by atoms with Gasteiger partial charge in [-0.05, 0) is 131 Å². The first kappa shape index (κ1) is 38.8. The van der Waals surface area contributed by atoms with E-state index >= 15 is 0 Å². The standard InChI is InChI=1S/C64H45BN2O2/c1-36(2)38-30-32-56-50(34-38)61-63(68-56)65-60-54(66(61)52-26-13-24-48-44-18-7-5-16-40(44)42-20-9-11-22-46(42)58(48)52)28-15-29-55(60)67(62-51-35-39(37(3)4)31-33-57(51)69-64(62)65)53-27-14-25-49-45-19-8-6-17-41(45)43-21-10-12-23-47(43)59(49)53/h5-37H,1-4H3. The lowest BCUT2D eigenvalue weighted by molar-refractivity contribution is 0.637. The van der Waals surface area contributed by atoms with E-state index in [-0.39, 0.29) is 6.71 Å². The second-order valence-corrected chi connectivity index (χ2v) is 19.8.